The van der Waals surface area contributed by atoms with Gasteiger partial charge in [-0.1, -0.05) is 74.2 Å². The Bertz CT molecular complexity index is 613. The van der Waals surface area contributed by atoms with Crippen LogP contribution in [0.3, 0.4) is 0 Å². The van der Waals surface area contributed by atoms with Gasteiger partial charge in [-0.15, -0.1) is 0 Å². The highest BCUT2D eigenvalue weighted by atomic mass is 19.1. The largest absolute Gasteiger partial charge is 0.345 e. The molecule has 0 N–H and O–H groups in total. The fourth-order valence-electron chi connectivity index (χ4n) is 1.97. The predicted molar refractivity (Wildman–Crippen MR) is 105 cm³/mol. The van der Waals surface area contributed by atoms with Crippen molar-refractivity contribution >= 4 is 0 Å². The lowest BCUT2D eigenvalue weighted by atomic mass is 9.93. The summed E-state index contributed by atoms with van der Waals surface area (Å²) in [6.07, 6.45) is 5.50. The highest BCUT2D eigenvalue weighted by molar-refractivity contribution is 5.22. The molecule has 0 amide bonds. The third-order valence-corrected chi connectivity index (χ3v) is 3.36. The molecule has 0 bridgehead atoms. The van der Waals surface area contributed by atoms with Gasteiger partial charge in [-0.2, -0.15) is 4.91 Å². The van der Waals surface area contributed by atoms with Gasteiger partial charge in [0.2, 0.25) is 0 Å². The van der Waals surface area contributed by atoms with Crippen LogP contribution in [0.2, 0.25) is 0 Å². The summed E-state index contributed by atoms with van der Waals surface area (Å²) < 4.78 is 25.0. The Kier molecular flexibility index (Phi) is 10.6. The molecule has 1 saturated heterocycles. The molecule has 1 aromatic rings. The molecule has 0 aromatic heterocycles. The minimum atomic E-state index is -0.957. The number of halogens is 1. The van der Waals surface area contributed by atoms with Crippen molar-refractivity contribution < 1.29 is 13.9 Å². The number of hydrogen-bond acceptors (Lipinski definition) is 4. The van der Waals surface area contributed by atoms with Gasteiger partial charge in [0, 0.05) is 11.0 Å². The summed E-state index contributed by atoms with van der Waals surface area (Å²) in [6, 6.07) is 6.58. The molecular weight excluding hydrogens is 333 g/mol. The Morgan fingerprint density at radius 3 is 2.12 bits per heavy atom. The number of allylic oxidation sites excluding steroid dienone is 4. The zero-order valence-corrected chi connectivity index (χ0v) is 16.4. The topological polar surface area (TPSA) is 47.9 Å². The maximum Gasteiger partial charge on any atom is 0.194 e. The number of rotatable bonds is 3. The third-order valence-electron chi connectivity index (χ3n) is 3.36. The van der Waals surface area contributed by atoms with Crippen LogP contribution < -0.4 is 0 Å². The Morgan fingerprint density at radius 1 is 1.23 bits per heavy atom. The van der Waals surface area contributed by atoms with Gasteiger partial charge in [-0.25, -0.2) is 4.39 Å². The first-order chi connectivity index (χ1) is 12.1. The lowest BCUT2D eigenvalue weighted by Gasteiger charge is -2.41. The first kappa shape index (κ1) is 23.9. The van der Waals surface area contributed by atoms with Crippen LogP contribution in [-0.4, -0.2) is 20.3 Å². The number of nitroso groups, excluding NO2 is 1. The number of benzene rings is 1. The zero-order valence-electron chi connectivity index (χ0n) is 16.4. The molecule has 1 aliphatic heterocycles. The summed E-state index contributed by atoms with van der Waals surface area (Å²) in [7, 11) is 1.19. The molecule has 0 aliphatic carbocycles. The molecule has 0 radical (unpaired) electrons. The molecule has 5 heteroatoms. The van der Waals surface area contributed by atoms with Crippen LogP contribution in [0.15, 0.2) is 66.4 Å². The monoisotopic (exact) mass is 363 g/mol. The normalized spacial score (nSPS) is 17.2. The molecule has 0 saturated carbocycles. The van der Waals surface area contributed by atoms with Gasteiger partial charge in [-0.05, 0) is 19.9 Å². The molecule has 2 rings (SSSR count). The SMILES string of the molecule is C=C/C=C\C(=C)C.CC1(C)COC(C)(c2ccccc2F)OC1.CN=O. The average Bonchev–Trinajstić information content (AvgIpc) is 2.58. The summed E-state index contributed by atoms with van der Waals surface area (Å²) >= 11 is 0. The van der Waals surface area contributed by atoms with Gasteiger partial charge in [0.25, 0.3) is 0 Å². The van der Waals surface area contributed by atoms with E-state index in [1.54, 1.807) is 31.2 Å². The second kappa shape index (κ2) is 11.5. The molecule has 26 heavy (non-hydrogen) atoms. The highest BCUT2D eigenvalue weighted by Crippen LogP contribution is 2.36. The summed E-state index contributed by atoms with van der Waals surface area (Å²) in [5.41, 5.74) is 1.51. The van der Waals surface area contributed by atoms with Crippen LogP contribution in [0.1, 0.15) is 33.3 Å². The second-order valence-corrected chi connectivity index (χ2v) is 6.79. The Morgan fingerprint density at radius 2 is 1.73 bits per heavy atom. The predicted octanol–water partition coefficient (Wildman–Crippen LogP) is 5.76. The smallest absolute Gasteiger partial charge is 0.194 e. The first-order valence-electron chi connectivity index (χ1n) is 8.31. The molecule has 0 atom stereocenters. The summed E-state index contributed by atoms with van der Waals surface area (Å²) in [4.78, 5) is 8.56. The van der Waals surface area contributed by atoms with Crippen molar-refractivity contribution in [3.8, 4) is 0 Å². The molecule has 4 nitrogen and oxygen atoms in total. The van der Waals surface area contributed by atoms with Crippen LogP contribution in [0.5, 0.6) is 0 Å². The summed E-state index contributed by atoms with van der Waals surface area (Å²) in [5.74, 6) is -1.24. The van der Waals surface area contributed by atoms with Gasteiger partial charge in [-0.3, -0.25) is 0 Å². The van der Waals surface area contributed by atoms with Crippen molar-refractivity contribution in [3.05, 3.63) is 77.5 Å². The van der Waals surface area contributed by atoms with Crippen molar-refractivity contribution in [3.63, 3.8) is 0 Å². The highest BCUT2D eigenvalue weighted by Gasteiger charge is 2.39. The number of nitrogens with zero attached hydrogens (tertiary/aromatic N) is 1. The number of hydrogen-bond donors (Lipinski definition) is 0. The van der Waals surface area contributed by atoms with Gasteiger partial charge in [0.15, 0.2) is 5.79 Å². The van der Waals surface area contributed by atoms with E-state index in [2.05, 4.69) is 32.2 Å². The van der Waals surface area contributed by atoms with E-state index in [-0.39, 0.29) is 11.2 Å². The van der Waals surface area contributed by atoms with E-state index >= 15 is 0 Å². The molecular formula is C21H30FNO3. The molecule has 0 unspecified atom stereocenters. The molecule has 1 aliphatic rings. The van der Waals surface area contributed by atoms with E-state index in [0.717, 1.165) is 5.57 Å². The maximum atomic E-state index is 13.7. The van der Waals surface area contributed by atoms with Crippen LogP contribution in [-0.2, 0) is 15.3 Å². The number of ether oxygens (including phenoxy) is 2. The quantitative estimate of drug-likeness (QED) is 0.507. The van der Waals surface area contributed by atoms with Crippen LogP contribution in [0, 0.1) is 16.1 Å². The molecule has 0 spiro atoms. The Balaban J connectivity index is 0.000000526. The van der Waals surface area contributed by atoms with E-state index < -0.39 is 5.79 Å². The fourth-order valence-corrected chi connectivity index (χ4v) is 1.97. The van der Waals surface area contributed by atoms with Gasteiger partial charge in [0.1, 0.15) is 5.82 Å². The van der Waals surface area contributed by atoms with Crippen LogP contribution in [0.4, 0.5) is 4.39 Å². The van der Waals surface area contributed by atoms with E-state index in [1.807, 2.05) is 19.1 Å². The second-order valence-electron chi connectivity index (χ2n) is 6.79. The average molecular weight is 363 g/mol. The molecule has 1 heterocycles. The minimum absolute atomic E-state index is 0.00916. The maximum absolute atomic E-state index is 13.7. The Labute approximate surface area is 156 Å². The lowest BCUT2D eigenvalue weighted by molar-refractivity contribution is -0.299. The van der Waals surface area contributed by atoms with E-state index in [9.17, 15) is 4.39 Å². The third kappa shape index (κ3) is 8.83. The molecule has 1 fully saturated rings. The van der Waals surface area contributed by atoms with Crippen LogP contribution >= 0.6 is 0 Å². The van der Waals surface area contributed by atoms with Gasteiger partial charge < -0.3 is 9.47 Å². The molecule has 1 aromatic carbocycles. The van der Waals surface area contributed by atoms with Crippen molar-refractivity contribution in [1.82, 2.24) is 0 Å². The summed E-state index contributed by atoms with van der Waals surface area (Å²) in [6.45, 7) is 16.1. The van der Waals surface area contributed by atoms with E-state index in [0.29, 0.717) is 18.8 Å². The minimum Gasteiger partial charge on any atom is -0.345 e. The Hall–Kier alpha value is -2.11. The standard InChI is InChI=1S/C13H17FO2.C7H10.CH3NO/c1-12(2)8-15-13(3,16-9-12)10-6-4-5-7-11(10)14;1-4-5-6-7(2)3;1-2-3/h4-7H,8-9H2,1-3H3;4-6H,1-2H2,3H3;1H3/b;6-5-;. The van der Waals surface area contributed by atoms with Gasteiger partial charge in [0.05, 0.1) is 20.3 Å². The van der Waals surface area contributed by atoms with Crippen molar-refractivity contribution in [1.29, 1.82) is 0 Å². The first-order valence-corrected chi connectivity index (χ1v) is 8.31. The zero-order chi connectivity index (χ0) is 20.2. The summed E-state index contributed by atoms with van der Waals surface area (Å²) in [5, 5.41) is 2.25. The van der Waals surface area contributed by atoms with Crippen LogP contribution in [0.25, 0.3) is 0 Å². The lowest BCUT2D eigenvalue weighted by Crippen LogP contribution is -2.44. The van der Waals surface area contributed by atoms with E-state index in [1.165, 1.54) is 13.1 Å². The van der Waals surface area contributed by atoms with E-state index in [4.69, 9.17) is 14.4 Å². The van der Waals surface area contributed by atoms with Gasteiger partial charge >= 0.3 is 0 Å². The fraction of sp³-hybridized carbons (Fsp3) is 0.429. The van der Waals surface area contributed by atoms with Crippen molar-refractivity contribution in [2.75, 3.05) is 20.3 Å². The van der Waals surface area contributed by atoms with Crippen molar-refractivity contribution in [2.45, 2.75) is 33.5 Å². The van der Waals surface area contributed by atoms with Crippen molar-refractivity contribution in [2.24, 2.45) is 10.6 Å². The molecule has 144 valence electrons.